The monoisotopic (exact) mass is 359 g/mol. The zero-order valence-electron chi connectivity index (χ0n) is 13.2. The van der Waals surface area contributed by atoms with Crippen LogP contribution < -0.4 is 17.0 Å². The number of nitrogens with zero attached hydrogens (tertiary/aromatic N) is 1. The van der Waals surface area contributed by atoms with Crippen LogP contribution in [0.1, 0.15) is 11.4 Å². The topological polar surface area (TPSA) is 130 Å². The van der Waals surface area contributed by atoms with Gasteiger partial charge in [-0.1, -0.05) is 35.9 Å². The summed E-state index contributed by atoms with van der Waals surface area (Å²) in [7, 11) is 0. The number of hydrogen-bond acceptors (Lipinski definition) is 5. The number of primary amides is 1. The molecule has 0 aliphatic heterocycles. The molecule has 8 heteroatoms. The van der Waals surface area contributed by atoms with E-state index in [1.54, 1.807) is 12.1 Å². The van der Waals surface area contributed by atoms with Crippen LogP contribution in [-0.2, 0) is 11.2 Å². The highest BCUT2D eigenvalue weighted by molar-refractivity contribution is 6.32. The Morgan fingerprint density at radius 2 is 2.04 bits per heavy atom. The number of aromatic nitrogens is 2. The van der Waals surface area contributed by atoms with Gasteiger partial charge in [0, 0.05) is 0 Å². The summed E-state index contributed by atoms with van der Waals surface area (Å²) in [6, 6.07) is 12.9. The quantitative estimate of drug-likeness (QED) is 0.276. The lowest BCUT2D eigenvalue weighted by molar-refractivity contribution is -0.106. The van der Waals surface area contributed by atoms with Crippen LogP contribution >= 0.6 is 11.6 Å². The van der Waals surface area contributed by atoms with E-state index in [1.807, 2.05) is 36.4 Å². The standard InChI is InChI=1S/C16H15ClN4O.CH3NO/c17-11-9-10(6-8-15(11)22)5-7-14(21-18)16-19-12-3-1-2-4-13(12)20-16;2-1-3/h1-4,6-9,21-22H,5,18H2,(H,19,20);1H,(H2,2,3)/b14-7-;. The average Bonchev–Trinajstić information content (AvgIpc) is 3.03. The number of phenolic OH excluding ortho intramolecular Hbond substituents is 1. The summed E-state index contributed by atoms with van der Waals surface area (Å²) in [5.41, 5.74) is 10.3. The second-order valence-corrected chi connectivity index (χ2v) is 5.40. The third-order valence-corrected chi connectivity index (χ3v) is 3.66. The van der Waals surface area contributed by atoms with Gasteiger partial charge in [-0.15, -0.1) is 0 Å². The van der Waals surface area contributed by atoms with E-state index in [1.165, 1.54) is 0 Å². The van der Waals surface area contributed by atoms with Crippen LogP contribution in [0.2, 0.25) is 5.02 Å². The summed E-state index contributed by atoms with van der Waals surface area (Å²) < 4.78 is 0. The van der Waals surface area contributed by atoms with E-state index >= 15 is 0 Å². The summed E-state index contributed by atoms with van der Waals surface area (Å²) in [5.74, 6) is 6.35. The summed E-state index contributed by atoms with van der Waals surface area (Å²) in [6.07, 6.45) is 2.77. The number of imidazole rings is 1. The van der Waals surface area contributed by atoms with Crippen LogP contribution in [0.4, 0.5) is 0 Å². The van der Waals surface area contributed by atoms with Gasteiger partial charge in [0.15, 0.2) is 5.82 Å². The van der Waals surface area contributed by atoms with Gasteiger partial charge in [-0.2, -0.15) is 0 Å². The summed E-state index contributed by atoms with van der Waals surface area (Å²) in [6.45, 7) is 0. The van der Waals surface area contributed by atoms with Gasteiger partial charge in [0.25, 0.3) is 0 Å². The number of rotatable bonds is 4. The molecule has 0 saturated carbocycles. The highest BCUT2D eigenvalue weighted by atomic mass is 35.5. The highest BCUT2D eigenvalue weighted by Crippen LogP contribution is 2.24. The number of para-hydroxylation sites is 2. The third kappa shape index (κ3) is 4.72. The lowest BCUT2D eigenvalue weighted by Gasteiger charge is -2.04. The van der Waals surface area contributed by atoms with E-state index in [0.717, 1.165) is 16.6 Å². The first-order valence-electron chi connectivity index (χ1n) is 7.33. The number of aromatic hydroxyl groups is 1. The van der Waals surface area contributed by atoms with Crippen LogP contribution in [0.3, 0.4) is 0 Å². The molecular weight excluding hydrogens is 342 g/mol. The number of fused-ring (bicyclic) bond motifs is 1. The fourth-order valence-corrected chi connectivity index (χ4v) is 2.40. The number of nitrogens with two attached hydrogens (primary N) is 2. The SMILES string of the molecule is NC=O.NN/C(=C\Cc1ccc(O)c(Cl)c1)c1nc2ccccc2[nH]1. The van der Waals surface area contributed by atoms with Crippen LogP contribution in [0.25, 0.3) is 16.7 Å². The van der Waals surface area contributed by atoms with E-state index in [0.29, 0.717) is 23.0 Å². The molecule has 2 aromatic carbocycles. The number of allylic oxidation sites excluding steroid dienone is 1. The molecule has 0 aliphatic carbocycles. The Morgan fingerprint density at radius 1 is 1.32 bits per heavy atom. The number of carbonyl (C=O) groups is 1. The first-order chi connectivity index (χ1) is 12.1. The van der Waals surface area contributed by atoms with Gasteiger partial charge in [-0.05, 0) is 36.2 Å². The lowest BCUT2D eigenvalue weighted by Crippen LogP contribution is -2.21. The summed E-state index contributed by atoms with van der Waals surface area (Å²) >= 11 is 5.90. The maximum atomic E-state index is 9.43. The van der Waals surface area contributed by atoms with Gasteiger partial charge in [-0.3, -0.25) is 10.6 Å². The van der Waals surface area contributed by atoms with E-state index in [2.05, 4.69) is 21.1 Å². The van der Waals surface area contributed by atoms with E-state index in [-0.39, 0.29) is 12.2 Å². The Hall–Kier alpha value is -3.03. The van der Waals surface area contributed by atoms with Gasteiger partial charge in [0.1, 0.15) is 5.75 Å². The van der Waals surface area contributed by atoms with Gasteiger partial charge < -0.3 is 21.2 Å². The predicted octanol–water partition coefficient (Wildman–Crippen LogP) is 2.07. The number of H-pyrrole nitrogens is 1. The summed E-state index contributed by atoms with van der Waals surface area (Å²) in [5, 5.41) is 9.76. The van der Waals surface area contributed by atoms with Crippen LogP contribution in [0, 0.1) is 0 Å². The number of aromatic amines is 1. The summed E-state index contributed by atoms with van der Waals surface area (Å²) in [4.78, 5) is 16.3. The van der Waals surface area contributed by atoms with Crippen molar-refractivity contribution in [2.24, 2.45) is 11.6 Å². The third-order valence-electron chi connectivity index (χ3n) is 3.35. The van der Waals surface area contributed by atoms with E-state index < -0.39 is 0 Å². The number of amides is 1. The first kappa shape index (κ1) is 18.3. The minimum Gasteiger partial charge on any atom is -0.506 e. The molecule has 3 rings (SSSR count). The van der Waals surface area contributed by atoms with E-state index in [9.17, 15) is 5.11 Å². The number of hydrazine groups is 1. The zero-order chi connectivity index (χ0) is 18.2. The zero-order valence-corrected chi connectivity index (χ0v) is 14.0. The average molecular weight is 360 g/mol. The Kier molecular flexibility index (Phi) is 6.39. The number of phenols is 1. The second-order valence-electron chi connectivity index (χ2n) is 4.99. The molecule has 25 heavy (non-hydrogen) atoms. The van der Waals surface area contributed by atoms with Crippen LogP contribution in [0.5, 0.6) is 5.75 Å². The van der Waals surface area contributed by atoms with Crippen LogP contribution in [-0.4, -0.2) is 21.5 Å². The molecular formula is C17H18ClN5O2. The minimum absolute atomic E-state index is 0.0730. The molecule has 0 saturated heterocycles. The van der Waals surface area contributed by atoms with Gasteiger partial charge in [-0.25, -0.2) is 4.98 Å². The number of carbonyl (C=O) groups excluding carboxylic acids is 1. The van der Waals surface area contributed by atoms with Crippen molar-refractivity contribution in [3.05, 3.63) is 65.0 Å². The molecule has 1 aromatic heterocycles. The fourth-order valence-electron chi connectivity index (χ4n) is 2.20. The molecule has 0 fully saturated rings. The number of benzene rings is 2. The van der Waals surface area contributed by atoms with Crippen molar-refractivity contribution in [3.63, 3.8) is 0 Å². The van der Waals surface area contributed by atoms with Crippen molar-refractivity contribution in [2.45, 2.75) is 6.42 Å². The fraction of sp³-hybridized carbons (Fsp3) is 0.0588. The molecule has 0 radical (unpaired) electrons. The Labute approximate surface area is 149 Å². The molecule has 3 aromatic rings. The maximum Gasteiger partial charge on any atom is 0.204 e. The molecule has 0 bridgehead atoms. The second kappa shape index (κ2) is 8.72. The predicted molar refractivity (Wildman–Crippen MR) is 98.5 cm³/mol. The Bertz CT molecular complexity index is 859. The molecule has 0 spiro atoms. The van der Waals surface area contributed by atoms with Crippen molar-refractivity contribution in [3.8, 4) is 5.75 Å². The molecule has 0 unspecified atom stereocenters. The van der Waals surface area contributed by atoms with Crippen molar-refractivity contribution >= 4 is 34.7 Å². The molecule has 0 atom stereocenters. The van der Waals surface area contributed by atoms with Crippen molar-refractivity contribution < 1.29 is 9.90 Å². The van der Waals surface area contributed by atoms with Gasteiger partial charge in [0.05, 0.1) is 21.8 Å². The molecule has 130 valence electrons. The Morgan fingerprint density at radius 3 is 2.68 bits per heavy atom. The number of halogens is 1. The van der Waals surface area contributed by atoms with Crippen molar-refractivity contribution in [2.75, 3.05) is 0 Å². The first-order valence-corrected chi connectivity index (χ1v) is 7.71. The highest BCUT2D eigenvalue weighted by Gasteiger charge is 2.07. The van der Waals surface area contributed by atoms with Crippen molar-refractivity contribution in [1.29, 1.82) is 0 Å². The smallest absolute Gasteiger partial charge is 0.204 e. The maximum absolute atomic E-state index is 9.43. The Balaban J connectivity index is 0.000000701. The van der Waals surface area contributed by atoms with E-state index in [4.69, 9.17) is 22.2 Å². The minimum atomic E-state index is 0.0730. The number of nitrogens with one attached hydrogen (secondary N) is 2. The largest absolute Gasteiger partial charge is 0.506 e. The van der Waals surface area contributed by atoms with Gasteiger partial charge >= 0.3 is 0 Å². The molecule has 7 N–H and O–H groups in total. The lowest BCUT2D eigenvalue weighted by atomic mass is 10.1. The van der Waals surface area contributed by atoms with Crippen molar-refractivity contribution in [1.82, 2.24) is 15.4 Å². The number of hydrogen-bond donors (Lipinski definition) is 5. The normalized spacial score (nSPS) is 10.9. The molecule has 1 heterocycles. The van der Waals surface area contributed by atoms with Crippen LogP contribution in [0.15, 0.2) is 48.5 Å². The molecule has 1 amide bonds. The van der Waals surface area contributed by atoms with Gasteiger partial charge in [0.2, 0.25) is 6.41 Å². The molecule has 0 aliphatic rings. The molecule has 7 nitrogen and oxygen atoms in total.